The van der Waals surface area contributed by atoms with Crippen LogP contribution in [0, 0.1) is 5.92 Å². The van der Waals surface area contributed by atoms with Crippen molar-refractivity contribution in [3.63, 3.8) is 0 Å². The van der Waals surface area contributed by atoms with E-state index in [0.29, 0.717) is 0 Å². The molecule has 0 aromatic carbocycles. The van der Waals surface area contributed by atoms with Crippen molar-refractivity contribution in [2.24, 2.45) is 5.92 Å². The summed E-state index contributed by atoms with van der Waals surface area (Å²) in [6.45, 7) is 1.83. The Hall–Kier alpha value is -1.10. The van der Waals surface area contributed by atoms with Gasteiger partial charge in [-0.2, -0.15) is 0 Å². The van der Waals surface area contributed by atoms with E-state index in [1.807, 2.05) is 0 Å². The molecule has 0 unspecified atom stereocenters. The topological polar surface area (TPSA) is 75.6 Å². The van der Waals surface area contributed by atoms with Gasteiger partial charge < -0.3 is 15.2 Å². The van der Waals surface area contributed by atoms with Gasteiger partial charge in [0, 0.05) is 6.92 Å². The summed E-state index contributed by atoms with van der Waals surface area (Å²) in [5.41, 5.74) is 0. The molecule has 0 aromatic heterocycles. The van der Waals surface area contributed by atoms with Crippen molar-refractivity contribution in [2.75, 3.05) is 13.2 Å². The zero-order chi connectivity index (χ0) is 9.14. The minimum atomic E-state index is -0.925. The largest absolute Gasteiger partial charge is 0.481 e. The van der Waals surface area contributed by atoms with Crippen LogP contribution in [0.25, 0.3) is 0 Å². The minimum absolute atomic E-state index is 0.181. The predicted molar refractivity (Wildman–Crippen MR) is 39.5 cm³/mol. The monoisotopic (exact) mass is 173 g/mol. The third-order valence-corrected chi connectivity index (χ3v) is 1.79. The molecule has 68 valence electrons. The van der Waals surface area contributed by atoms with Crippen LogP contribution in [0.3, 0.4) is 0 Å². The van der Waals surface area contributed by atoms with Crippen molar-refractivity contribution in [1.82, 2.24) is 5.32 Å². The van der Waals surface area contributed by atoms with Crippen molar-refractivity contribution in [3.8, 4) is 0 Å². The third-order valence-electron chi connectivity index (χ3n) is 1.79. The lowest BCUT2D eigenvalue weighted by molar-refractivity contribution is -0.142. The van der Waals surface area contributed by atoms with E-state index in [0.717, 1.165) is 0 Å². The van der Waals surface area contributed by atoms with Gasteiger partial charge in [0.2, 0.25) is 5.91 Å². The van der Waals surface area contributed by atoms with Crippen LogP contribution in [0.4, 0.5) is 0 Å². The summed E-state index contributed by atoms with van der Waals surface area (Å²) in [7, 11) is 0. The summed E-state index contributed by atoms with van der Waals surface area (Å²) in [4.78, 5) is 21.2. The number of nitrogens with one attached hydrogen (secondary N) is 1. The number of ether oxygens (including phenoxy) is 1. The van der Waals surface area contributed by atoms with Gasteiger partial charge >= 0.3 is 5.97 Å². The number of carboxylic acids is 1. The molecule has 0 saturated carbocycles. The molecular weight excluding hydrogens is 162 g/mol. The van der Waals surface area contributed by atoms with Crippen molar-refractivity contribution >= 4 is 11.9 Å². The van der Waals surface area contributed by atoms with Crippen LogP contribution < -0.4 is 5.32 Å². The molecule has 2 atom stereocenters. The van der Waals surface area contributed by atoms with Gasteiger partial charge in [0.15, 0.2) is 0 Å². The number of hydrogen-bond acceptors (Lipinski definition) is 3. The van der Waals surface area contributed by atoms with Gasteiger partial charge in [-0.05, 0) is 0 Å². The Kier molecular flexibility index (Phi) is 2.65. The SMILES string of the molecule is CC(=O)N[C@@H]1COC[C@H]1C(=O)O. The molecule has 1 amide bonds. The minimum Gasteiger partial charge on any atom is -0.481 e. The zero-order valence-corrected chi connectivity index (χ0v) is 6.74. The van der Waals surface area contributed by atoms with Crippen LogP contribution >= 0.6 is 0 Å². The van der Waals surface area contributed by atoms with E-state index in [-0.39, 0.29) is 25.2 Å². The number of carbonyl (C=O) groups excluding carboxylic acids is 1. The number of rotatable bonds is 2. The van der Waals surface area contributed by atoms with Crippen molar-refractivity contribution < 1.29 is 19.4 Å². The van der Waals surface area contributed by atoms with E-state index in [1.54, 1.807) is 0 Å². The first-order chi connectivity index (χ1) is 5.61. The van der Waals surface area contributed by atoms with Gasteiger partial charge in [0.25, 0.3) is 0 Å². The Morgan fingerprint density at radius 2 is 2.17 bits per heavy atom. The summed E-state index contributed by atoms with van der Waals surface area (Å²) >= 11 is 0. The van der Waals surface area contributed by atoms with Gasteiger partial charge in [0.05, 0.1) is 19.3 Å². The molecule has 0 aromatic rings. The molecule has 1 fully saturated rings. The fourth-order valence-corrected chi connectivity index (χ4v) is 1.20. The maximum Gasteiger partial charge on any atom is 0.311 e. The van der Waals surface area contributed by atoms with Crippen molar-refractivity contribution in [1.29, 1.82) is 0 Å². The molecule has 1 aliphatic heterocycles. The highest BCUT2D eigenvalue weighted by molar-refractivity contribution is 5.76. The first kappa shape index (κ1) is 8.99. The zero-order valence-electron chi connectivity index (χ0n) is 6.74. The van der Waals surface area contributed by atoms with Crippen LogP contribution in [0.15, 0.2) is 0 Å². The fourth-order valence-electron chi connectivity index (χ4n) is 1.20. The normalized spacial score (nSPS) is 28.4. The standard InChI is InChI=1S/C7H11NO4/c1-4(9)8-6-3-12-2-5(6)7(10)11/h5-6H,2-3H2,1H3,(H,8,9)(H,10,11)/t5-,6-/m1/s1. The van der Waals surface area contributed by atoms with E-state index in [1.165, 1.54) is 6.92 Å². The molecule has 5 heteroatoms. The highest BCUT2D eigenvalue weighted by Gasteiger charge is 2.34. The predicted octanol–water partition coefficient (Wildman–Crippen LogP) is -0.778. The van der Waals surface area contributed by atoms with Gasteiger partial charge in [-0.25, -0.2) is 0 Å². The molecular formula is C7H11NO4. The Morgan fingerprint density at radius 3 is 2.67 bits per heavy atom. The average molecular weight is 173 g/mol. The van der Waals surface area contributed by atoms with Gasteiger partial charge in [-0.1, -0.05) is 0 Å². The number of aliphatic carboxylic acids is 1. The van der Waals surface area contributed by atoms with Crippen LogP contribution in [0.1, 0.15) is 6.92 Å². The molecule has 0 radical (unpaired) electrons. The molecule has 1 rings (SSSR count). The van der Waals surface area contributed by atoms with Crippen LogP contribution in [0.2, 0.25) is 0 Å². The lowest BCUT2D eigenvalue weighted by Gasteiger charge is -2.13. The van der Waals surface area contributed by atoms with Crippen molar-refractivity contribution in [2.45, 2.75) is 13.0 Å². The fraction of sp³-hybridized carbons (Fsp3) is 0.714. The molecule has 1 heterocycles. The molecule has 0 bridgehead atoms. The quantitative estimate of drug-likeness (QED) is 0.574. The second-order valence-electron chi connectivity index (χ2n) is 2.79. The second-order valence-corrected chi connectivity index (χ2v) is 2.79. The van der Waals surface area contributed by atoms with Crippen LogP contribution in [-0.2, 0) is 14.3 Å². The van der Waals surface area contributed by atoms with E-state index < -0.39 is 11.9 Å². The van der Waals surface area contributed by atoms with E-state index in [4.69, 9.17) is 9.84 Å². The summed E-state index contributed by atoms with van der Waals surface area (Å²) in [6, 6.07) is -0.375. The molecule has 1 aliphatic rings. The maximum atomic E-state index is 10.6. The first-order valence-corrected chi connectivity index (χ1v) is 3.69. The molecule has 12 heavy (non-hydrogen) atoms. The Labute approximate surface area is 69.7 Å². The van der Waals surface area contributed by atoms with E-state index >= 15 is 0 Å². The lowest BCUT2D eigenvalue weighted by atomic mass is 10.0. The summed E-state index contributed by atoms with van der Waals surface area (Å²) in [5, 5.41) is 11.2. The third kappa shape index (κ3) is 1.94. The molecule has 5 nitrogen and oxygen atoms in total. The summed E-state index contributed by atoms with van der Waals surface area (Å²) < 4.78 is 4.94. The molecule has 1 saturated heterocycles. The number of hydrogen-bond donors (Lipinski definition) is 2. The first-order valence-electron chi connectivity index (χ1n) is 3.69. The van der Waals surface area contributed by atoms with Crippen LogP contribution in [-0.4, -0.2) is 36.2 Å². The number of carbonyl (C=O) groups is 2. The van der Waals surface area contributed by atoms with Gasteiger partial charge in [-0.15, -0.1) is 0 Å². The lowest BCUT2D eigenvalue weighted by Crippen LogP contribution is -2.41. The smallest absolute Gasteiger partial charge is 0.311 e. The number of amides is 1. The van der Waals surface area contributed by atoms with E-state index in [9.17, 15) is 9.59 Å². The van der Waals surface area contributed by atoms with Gasteiger partial charge in [0.1, 0.15) is 5.92 Å². The Bertz CT molecular complexity index is 204. The summed E-state index contributed by atoms with van der Waals surface area (Å²) in [6.07, 6.45) is 0. The van der Waals surface area contributed by atoms with Crippen LogP contribution in [0.5, 0.6) is 0 Å². The van der Waals surface area contributed by atoms with Gasteiger partial charge in [-0.3, -0.25) is 9.59 Å². The average Bonchev–Trinajstić information content (AvgIpc) is 2.33. The Morgan fingerprint density at radius 1 is 1.50 bits per heavy atom. The molecule has 0 spiro atoms. The molecule has 2 N–H and O–H groups in total. The summed E-state index contributed by atoms with van der Waals surface area (Å²) in [5.74, 6) is -1.75. The maximum absolute atomic E-state index is 10.6. The Balaban J connectivity index is 2.52. The second kappa shape index (κ2) is 3.53. The highest BCUT2D eigenvalue weighted by Crippen LogP contribution is 2.13. The van der Waals surface area contributed by atoms with E-state index in [2.05, 4.69) is 5.32 Å². The highest BCUT2D eigenvalue weighted by atomic mass is 16.5. The number of carboxylic acid groups (broad SMARTS) is 1. The van der Waals surface area contributed by atoms with Crippen molar-refractivity contribution in [3.05, 3.63) is 0 Å². The molecule has 0 aliphatic carbocycles.